The summed E-state index contributed by atoms with van der Waals surface area (Å²) in [5.74, 6) is 1.84. The number of amides is 2. The van der Waals surface area contributed by atoms with Crippen LogP contribution in [0.2, 0.25) is 0 Å². The lowest BCUT2D eigenvalue weighted by Gasteiger charge is -2.38. The van der Waals surface area contributed by atoms with Gasteiger partial charge in [-0.1, -0.05) is 6.07 Å². The highest BCUT2D eigenvalue weighted by Crippen LogP contribution is 2.32. The predicted molar refractivity (Wildman–Crippen MR) is 148 cm³/mol. The third kappa shape index (κ3) is 7.25. The van der Waals surface area contributed by atoms with Gasteiger partial charge in [-0.05, 0) is 74.3 Å². The predicted octanol–water partition coefficient (Wildman–Crippen LogP) is 3.16. The van der Waals surface area contributed by atoms with E-state index < -0.39 is 0 Å². The van der Waals surface area contributed by atoms with Gasteiger partial charge in [-0.15, -0.1) is 0 Å². The zero-order valence-electron chi connectivity index (χ0n) is 22.5. The summed E-state index contributed by atoms with van der Waals surface area (Å²) in [6.45, 7) is 3.84. The maximum absolute atomic E-state index is 13.1. The van der Waals surface area contributed by atoms with Gasteiger partial charge < -0.3 is 25.2 Å². The quantitative estimate of drug-likeness (QED) is 0.585. The lowest BCUT2D eigenvalue weighted by atomic mass is 9.80. The Morgan fingerprint density at radius 2 is 2.08 bits per heavy atom. The van der Waals surface area contributed by atoms with Gasteiger partial charge >= 0.3 is 0 Å². The number of carbonyl (C=O) groups excluding carboxylic acids is 2. The average Bonchev–Trinajstić information content (AvgIpc) is 3.74. The Kier molecular flexibility index (Phi) is 8.79. The van der Waals surface area contributed by atoms with Crippen LogP contribution in [0.1, 0.15) is 49.8 Å². The largest absolute Gasteiger partial charge is 0.493 e. The second kappa shape index (κ2) is 12.6. The van der Waals surface area contributed by atoms with Crippen molar-refractivity contribution in [2.75, 3.05) is 44.7 Å². The van der Waals surface area contributed by atoms with Gasteiger partial charge in [0.05, 0.1) is 13.2 Å². The highest BCUT2D eigenvalue weighted by atomic mass is 16.5. The fourth-order valence-corrected chi connectivity index (χ4v) is 5.64. The van der Waals surface area contributed by atoms with E-state index in [-0.39, 0.29) is 11.8 Å². The molecule has 3 aliphatic rings. The first-order valence-electron chi connectivity index (χ1n) is 14.2. The van der Waals surface area contributed by atoms with Crippen LogP contribution in [0.5, 0.6) is 5.75 Å². The van der Waals surface area contributed by atoms with E-state index in [9.17, 15) is 9.59 Å². The minimum Gasteiger partial charge on any atom is -0.493 e. The summed E-state index contributed by atoms with van der Waals surface area (Å²) in [4.78, 5) is 34.2. The average molecular weight is 520 g/mol. The molecular weight excluding hydrogens is 478 g/mol. The van der Waals surface area contributed by atoms with Crippen LogP contribution in [0.25, 0.3) is 0 Å². The molecule has 1 saturated carbocycles. The number of hydrogen-bond acceptors (Lipinski definition) is 6. The zero-order valence-corrected chi connectivity index (χ0v) is 22.5. The summed E-state index contributed by atoms with van der Waals surface area (Å²) in [6, 6.07) is 12.7. The van der Waals surface area contributed by atoms with E-state index in [0.717, 1.165) is 80.9 Å². The molecule has 1 aromatic heterocycles. The SMILES string of the molecule is CN(CCc1ccccn1)c1ccc2c(c1)CNCC(=O)N1CC[C@@H](CC(=O)NC3CC3)[C@@H](CCCO2)C1. The Morgan fingerprint density at radius 3 is 2.89 bits per heavy atom. The van der Waals surface area contributed by atoms with Crippen molar-refractivity contribution in [3.05, 3.63) is 53.9 Å². The number of ether oxygens (including phenoxy) is 1. The van der Waals surface area contributed by atoms with Gasteiger partial charge in [-0.2, -0.15) is 0 Å². The molecule has 0 radical (unpaired) electrons. The number of carbonyl (C=O) groups is 2. The summed E-state index contributed by atoms with van der Waals surface area (Å²) < 4.78 is 6.26. The molecule has 2 aliphatic heterocycles. The topological polar surface area (TPSA) is 86.8 Å². The second-order valence-electron chi connectivity index (χ2n) is 11.1. The van der Waals surface area contributed by atoms with Gasteiger partial charge in [-0.25, -0.2) is 0 Å². The standard InChI is InChI=1S/C30H41N5O3/c1-34(14-12-25-6-2-3-13-32-25)27-9-10-28-24(17-27)19-31-20-30(37)35-15-11-22(18-29(36)33-26-7-8-26)23(21-35)5-4-16-38-28/h2-3,6,9-10,13,17,22-23,26,31H,4-5,7-8,11-12,14-16,18-21H2,1H3,(H,33,36)/t22-,23-/m0/s1. The number of nitrogens with one attached hydrogen (secondary N) is 2. The van der Waals surface area contributed by atoms with Crippen LogP contribution in [0, 0.1) is 11.8 Å². The minimum atomic E-state index is 0.140. The first-order valence-corrected chi connectivity index (χ1v) is 14.2. The smallest absolute Gasteiger partial charge is 0.236 e. The maximum atomic E-state index is 13.1. The van der Waals surface area contributed by atoms with Crippen molar-refractivity contribution in [3.8, 4) is 5.75 Å². The lowest BCUT2D eigenvalue weighted by molar-refractivity contribution is -0.133. The van der Waals surface area contributed by atoms with E-state index in [2.05, 4.69) is 51.8 Å². The van der Waals surface area contributed by atoms with E-state index in [1.807, 2.05) is 23.2 Å². The molecule has 38 heavy (non-hydrogen) atoms. The molecule has 5 rings (SSSR count). The van der Waals surface area contributed by atoms with Crippen molar-refractivity contribution in [1.29, 1.82) is 0 Å². The van der Waals surface area contributed by atoms with E-state index in [0.29, 0.717) is 44.0 Å². The monoisotopic (exact) mass is 519 g/mol. The third-order valence-electron chi connectivity index (χ3n) is 8.12. The number of piperidine rings is 1. The lowest BCUT2D eigenvalue weighted by Crippen LogP contribution is -2.47. The molecule has 2 N–H and O–H groups in total. The Labute approximate surface area is 226 Å². The molecule has 1 aliphatic carbocycles. The van der Waals surface area contributed by atoms with Crippen LogP contribution in [0.4, 0.5) is 5.69 Å². The van der Waals surface area contributed by atoms with Gasteiger partial charge in [0, 0.05) is 75.3 Å². The fourth-order valence-electron chi connectivity index (χ4n) is 5.64. The van der Waals surface area contributed by atoms with Gasteiger partial charge in [0.15, 0.2) is 0 Å². The number of likely N-dealkylation sites (N-methyl/N-ethyl adjacent to an activating group) is 1. The van der Waals surface area contributed by atoms with Crippen molar-refractivity contribution in [3.63, 3.8) is 0 Å². The molecule has 8 nitrogen and oxygen atoms in total. The Morgan fingerprint density at radius 1 is 1.18 bits per heavy atom. The van der Waals surface area contributed by atoms with Gasteiger partial charge in [0.1, 0.15) is 5.75 Å². The van der Waals surface area contributed by atoms with Crippen molar-refractivity contribution in [2.24, 2.45) is 11.8 Å². The maximum Gasteiger partial charge on any atom is 0.236 e. The molecule has 1 saturated heterocycles. The Bertz CT molecular complexity index is 1090. The third-order valence-corrected chi connectivity index (χ3v) is 8.12. The van der Waals surface area contributed by atoms with E-state index in [4.69, 9.17) is 4.74 Å². The number of fused-ring (bicyclic) bond motifs is 3. The summed E-state index contributed by atoms with van der Waals surface area (Å²) in [5, 5.41) is 6.50. The van der Waals surface area contributed by atoms with Crippen LogP contribution >= 0.6 is 0 Å². The Hall–Kier alpha value is -3.13. The zero-order chi connectivity index (χ0) is 26.3. The summed E-state index contributed by atoms with van der Waals surface area (Å²) in [7, 11) is 2.09. The molecular formula is C30H41N5O3. The second-order valence-corrected chi connectivity index (χ2v) is 11.1. The van der Waals surface area contributed by atoms with Crippen molar-refractivity contribution >= 4 is 17.5 Å². The molecule has 2 atom stereocenters. The molecule has 204 valence electrons. The molecule has 2 aromatic rings. The highest BCUT2D eigenvalue weighted by Gasteiger charge is 2.33. The molecule has 2 amide bonds. The molecule has 2 bridgehead atoms. The first-order chi connectivity index (χ1) is 18.5. The molecule has 0 unspecified atom stereocenters. The number of anilines is 1. The van der Waals surface area contributed by atoms with Crippen molar-refractivity contribution in [1.82, 2.24) is 20.5 Å². The minimum absolute atomic E-state index is 0.140. The number of pyridine rings is 1. The summed E-state index contributed by atoms with van der Waals surface area (Å²) in [5.41, 5.74) is 3.26. The van der Waals surface area contributed by atoms with E-state index in [1.165, 1.54) is 0 Å². The van der Waals surface area contributed by atoms with Gasteiger partial charge in [0.2, 0.25) is 11.8 Å². The molecule has 3 heterocycles. The summed E-state index contributed by atoms with van der Waals surface area (Å²) >= 11 is 0. The number of hydrogen-bond donors (Lipinski definition) is 2. The summed E-state index contributed by atoms with van der Waals surface area (Å²) in [6.07, 6.45) is 8.26. The van der Waals surface area contributed by atoms with Crippen molar-refractivity contribution in [2.45, 2.75) is 57.5 Å². The normalized spacial score (nSPS) is 22.2. The molecule has 1 aromatic carbocycles. The fraction of sp³-hybridized carbons (Fsp3) is 0.567. The molecule has 2 fully saturated rings. The van der Waals surface area contributed by atoms with Crippen molar-refractivity contribution < 1.29 is 14.3 Å². The van der Waals surface area contributed by atoms with Gasteiger partial charge in [-0.3, -0.25) is 14.6 Å². The number of aromatic nitrogens is 1. The van der Waals surface area contributed by atoms with Crippen LogP contribution in [0.3, 0.4) is 0 Å². The van der Waals surface area contributed by atoms with Crippen LogP contribution < -0.4 is 20.3 Å². The number of benzene rings is 1. The van der Waals surface area contributed by atoms with Crippen LogP contribution in [-0.4, -0.2) is 67.6 Å². The van der Waals surface area contributed by atoms with E-state index >= 15 is 0 Å². The van der Waals surface area contributed by atoms with Crippen LogP contribution in [0.15, 0.2) is 42.6 Å². The Balaban J connectivity index is 1.22. The first kappa shape index (κ1) is 26.5. The molecule has 8 heteroatoms. The van der Waals surface area contributed by atoms with Crippen LogP contribution in [-0.2, 0) is 22.6 Å². The molecule has 0 spiro atoms. The number of rotatable bonds is 7. The van der Waals surface area contributed by atoms with Gasteiger partial charge in [0.25, 0.3) is 0 Å². The highest BCUT2D eigenvalue weighted by molar-refractivity contribution is 5.79. The number of nitrogens with zero attached hydrogens (tertiary/aromatic N) is 3. The van der Waals surface area contributed by atoms with E-state index in [1.54, 1.807) is 0 Å².